The molecule has 0 bridgehead atoms. The van der Waals surface area contributed by atoms with Crippen LogP contribution in [0.15, 0.2) is 52.1 Å². The van der Waals surface area contributed by atoms with Crippen LogP contribution in [0.1, 0.15) is 12.0 Å². The maximum atomic E-state index is 12.4. The smallest absolute Gasteiger partial charge is 0.268 e. The molecule has 6 nitrogen and oxygen atoms in total. The van der Waals surface area contributed by atoms with Crippen molar-refractivity contribution in [1.29, 1.82) is 0 Å². The van der Waals surface area contributed by atoms with Crippen LogP contribution in [0.25, 0.3) is 0 Å². The van der Waals surface area contributed by atoms with E-state index in [1.165, 1.54) is 0 Å². The highest BCUT2D eigenvalue weighted by molar-refractivity contribution is 9.10. The molecule has 1 aliphatic heterocycles. The summed E-state index contributed by atoms with van der Waals surface area (Å²) in [7, 11) is 3.10. The predicted molar refractivity (Wildman–Crippen MR) is 98.3 cm³/mol. The van der Waals surface area contributed by atoms with Gasteiger partial charge in [0.1, 0.15) is 0 Å². The second kappa shape index (κ2) is 7.57. The maximum absolute atomic E-state index is 12.4. The summed E-state index contributed by atoms with van der Waals surface area (Å²) in [5.74, 6) is 0.873. The van der Waals surface area contributed by atoms with Gasteiger partial charge in [0.15, 0.2) is 11.5 Å². The Balaban J connectivity index is 1.65. The molecule has 0 saturated carbocycles. The summed E-state index contributed by atoms with van der Waals surface area (Å²) in [6.07, 6.45) is -0.252. The summed E-state index contributed by atoms with van der Waals surface area (Å²) >= 11 is 3.43. The number of ether oxygens (including phenoxy) is 2. The number of nitrogens with zero attached hydrogens (tertiary/aromatic N) is 1. The van der Waals surface area contributed by atoms with Crippen LogP contribution < -0.4 is 14.8 Å². The maximum Gasteiger partial charge on any atom is 0.268 e. The van der Waals surface area contributed by atoms with Gasteiger partial charge in [0.2, 0.25) is 6.10 Å². The van der Waals surface area contributed by atoms with Crippen LogP contribution in [0.4, 0.5) is 5.69 Å². The van der Waals surface area contributed by atoms with E-state index >= 15 is 0 Å². The first kappa shape index (κ1) is 17.3. The number of methoxy groups -OCH3 is 2. The van der Waals surface area contributed by atoms with Crippen LogP contribution in [0, 0.1) is 0 Å². The minimum Gasteiger partial charge on any atom is -0.493 e. The number of anilines is 1. The van der Waals surface area contributed by atoms with Crippen molar-refractivity contribution in [3.63, 3.8) is 0 Å². The Bertz CT molecular complexity index is 822. The first-order valence-electron chi connectivity index (χ1n) is 7.62. The molecule has 1 N–H and O–H groups in total. The van der Waals surface area contributed by atoms with Crippen molar-refractivity contribution < 1.29 is 19.1 Å². The molecule has 0 radical (unpaired) electrons. The van der Waals surface area contributed by atoms with Gasteiger partial charge in [-0.2, -0.15) is 0 Å². The zero-order chi connectivity index (χ0) is 17.8. The first-order chi connectivity index (χ1) is 12.1. The monoisotopic (exact) mass is 404 g/mol. The fourth-order valence-electron chi connectivity index (χ4n) is 2.49. The first-order valence-corrected chi connectivity index (χ1v) is 8.41. The Morgan fingerprint density at radius 1 is 1.20 bits per heavy atom. The molecule has 0 saturated heterocycles. The van der Waals surface area contributed by atoms with E-state index in [-0.39, 0.29) is 5.91 Å². The molecular formula is C18H17BrN2O4. The number of halogens is 1. The van der Waals surface area contributed by atoms with Crippen LogP contribution in [0.2, 0.25) is 0 Å². The number of carbonyl (C=O) groups is 1. The SMILES string of the molecule is COc1ccc(NC(=O)[C@@H]2CC(c3cccc(Br)c3)=NO2)cc1OC. The lowest BCUT2D eigenvalue weighted by atomic mass is 10.0. The average Bonchev–Trinajstić information content (AvgIpc) is 3.12. The second-order valence-electron chi connectivity index (χ2n) is 5.41. The predicted octanol–water partition coefficient (Wildman–Crippen LogP) is 3.60. The lowest BCUT2D eigenvalue weighted by Gasteiger charge is -2.12. The molecular weight excluding hydrogens is 388 g/mol. The number of hydrogen-bond donors (Lipinski definition) is 1. The van der Waals surface area contributed by atoms with Gasteiger partial charge in [-0.05, 0) is 24.3 Å². The molecule has 0 aliphatic carbocycles. The summed E-state index contributed by atoms with van der Waals surface area (Å²) in [6, 6.07) is 12.9. The topological polar surface area (TPSA) is 69.2 Å². The van der Waals surface area contributed by atoms with E-state index in [1.54, 1.807) is 32.4 Å². The van der Waals surface area contributed by atoms with Crippen LogP contribution in [-0.4, -0.2) is 31.9 Å². The van der Waals surface area contributed by atoms with E-state index < -0.39 is 6.10 Å². The highest BCUT2D eigenvalue weighted by Gasteiger charge is 2.29. The number of oxime groups is 1. The molecule has 25 heavy (non-hydrogen) atoms. The van der Waals surface area contributed by atoms with Crippen molar-refractivity contribution >= 4 is 33.2 Å². The van der Waals surface area contributed by atoms with Gasteiger partial charge in [-0.1, -0.05) is 33.2 Å². The van der Waals surface area contributed by atoms with Crippen LogP contribution in [-0.2, 0) is 9.63 Å². The van der Waals surface area contributed by atoms with Crippen molar-refractivity contribution in [1.82, 2.24) is 0 Å². The third-order valence-electron chi connectivity index (χ3n) is 3.77. The quantitative estimate of drug-likeness (QED) is 0.826. The Labute approximate surface area is 153 Å². The van der Waals surface area contributed by atoms with Gasteiger partial charge >= 0.3 is 0 Å². The van der Waals surface area contributed by atoms with Gasteiger partial charge in [0.25, 0.3) is 5.91 Å². The van der Waals surface area contributed by atoms with Gasteiger partial charge in [0, 0.05) is 28.2 Å². The van der Waals surface area contributed by atoms with Crippen LogP contribution >= 0.6 is 15.9 Å². The molecule has 1 atom stereocenters. The van der Waals surface area contributed by atoms with Gasteiger partial charge < -0.3 is 19.6 Å². The Morgan fingerprint density at radius 3 is 2.72 bits per heavy atom. The number of hydrogen-bond acceptors (Lipinski definition) is 5. The van der Waals surface area contributed by atoms with E-state index in [0.717, 1.165) is 15.7 Å². The van der Waals surface area contributed by atoms with Crippen LogP contribution in [0.5, 0.6) is 11.5 Å². The summed E-state index contributed by atoms with van der Waals surface area (Å²) in [5, 5.41) is 6.85. The fourth-order valence-corrected chi connectivity index (χ4v) is 2.89. The molecule has 7 heteroatoms. The number of nitrogens with one attached hydrogen (secondary N) is 1. The molecule has 0 spiro atoms. The van der Waals surface area contributed by atoms with Crippen molar-refractivity contribution in [3.05, 3.63) is 52.5 Å². The number of rotatable bonds is 5. The molecule has 1 aliphatic rings. The Kier molecular flexibility index (Phi) is 5.23. The third-order valence-corrected chi connectivity index (χ3v) is 4.26. The molecule has 130 valence electrons. The fraction of sp³-hybridized carbons (Fsp3) is 0.222. The zero-order valence-electron chi connectivity index (χ0n) is 13.8. The minimum absolute atomic E-state index is 0.263. The summed E-state index contributed by atoms with van der Waals surface area (Å²) in [4.78, 5) is 17.7. The molecule has 3 rings (SSSR count). The normalized spacial score (nSPS) is 16.0. The molecule has 2 aromatic carbocycles. The van der Waals surface area contributed by atoms with Gasteiger partial charge in [-0.25, -0.2) is 0 Å². The highest BCUT2D eigenvalue weighted by Crippen LogP contribution is 2.30. The van der Waals surface area contributed by atoms with Crippen molar-refractivity contribution in [2.24, 2.45) is 5.16 Å². The van der Waals surface area contributed by atoms with Gasteiger partial charge in [-0.3, -0.25) is 4.79 Å². The molecule has 0 unspecified atom stereocenters. The summed E-state index contributed by atoms with van der Waals surface area (Å²) in [6.45, 7) is 0. The molecule has 0 fully saturated rings. The average molecular weight is 405 g/mol. The summed E-state index contributed by atoms with van der Waals surface area (Å²) < 4.78 is 11.4. The zero-order valence-corrected chi connectivity index (χ0v) is 15.4. The molecule has 1 heterocycles. The number of amides is 1. The largest absolute Gasteiger partial charge is 0.493 e. The lowest BCUT2D eigenvalue weighted by Crippen LogP contribution is -2.28. The molecule has 2 aromatic rings. The molecule has 1 amide bonds. The Morgan fingerprint density at radius 2 is 2.00 bits per heavy atom. The van der Waals surface area contributed by atoms with Gasteiger partial charge in [-0.15, -0.1) is 0 Å². The van der Waals surface area contributed by atoms with E-state index in [2.05, 4.69) is 26.4 Å². The number of carbonyl (C=O) groups excluding carboxylic acids is 1. The van der Waals surface area contributed by atoms with Crippen molar-refractivity contribution in [2.75, 3.05) is 19.5 Å². The second-order valence-corrected chi connectivity index (χ2v) is 6.32. The number of benzene rings is 2. The van der Waals surface area contributed by atoms with E-state index in [9.17, 15) is 4.79 Å². The Hall–Kier alpha value is -2.54. The van der Waals surface area contributed by atoms with E-state index in [1.807, 2.05) is 24.3 Å². The minimum atomic E-state index is -0.665. The third kappa shape index (κ3) is 3.93. The van der Waals surface area contributed by atoms with Crippen LogP contribution in [0.3, 0.4) is 0 Å². The molecule has 0 aromatic heterocycles. The van der Waals surface area contributed by atoms with E-state index in [4.69, 9.17) is 14.3 Å². The summed E-state index contributed by atoms with van der Waals surface area (Å²) in [5.41, 5.74) is 2.27. The van der Waals surface area contributed by atoms with E-state index in [0.29, 0.717) is 23.6 Å². The van der Waals surface area contributed by atoms with Crippen molar-refractivity contribution in [2.45, 2.75) is 12.5 Å². The lowest BCUT2D eigenvalue weighted by molar-refractivity contribution is -0.125. The standard InChI is InChI=1S/C18H17BrN2O4/c1-23-15-7-6-13(9-16(15)24-2)20-18(22)17-10-14(21-25-17)11-4-3-5-12(19)8-11/h3-9,17H,10H2,1-2H3,(H,20,22)/t17-/m0/s1. The highest BCUT2D eigenvalue weighted by atomic mass is 79.9. The van der Waals surface area contributed by atoms with Crippen molar-refractivity contribution in [3.8, 4) is 11.5 Å². The van der Waals surface area contributed by atoms with Gasteiger partial charge in [0.05, 0.1) is 19.9 Å².